The number of rotatable bonds is 2. The molecule has 3 N–H and O–H groups in total. The Labute approximate surface area is 111 Å². The maximum Gasteiger partial charge on any atom is 0.154 e. The van der Waals surface area contributed by atoms with Gasteiger partial charge in [0.1, 0.15) is 5.52 Å². The molecule has 0 aliphatic carbocycles. The van der Waals surface area contributed by atoms with Crippen LogP contribution in [0.15, 0.2) is 18.5 Å². The minimum Gasteiger partial charge on any atom is -0.387 e. The van der Waals surface area contributed by atoms with Crippen molar-refractivity contribution >= 4 is 17.2 Å². The molecule has 1 aliphatic heterocycles. The topological polar surface area (TPSA) is 83.3 Å². The first kappa shape index (κ1) is 12.0. The molecule has 6 heteroatoms. The number of anilines is 1. The first-order chi connectivity index (χ1) is 9.15. The van der Waals surface area contributed by atoms with Gasteiger partial charge in [0.2, 0.25) is 0 Å². The first-order valence-corrected chi connectivity index (χ1v) is 6.55. The van der Waals surface area contributed by atoms with Crippen LogP contribution in [0.25, 0.3) is 5.52 Å². The Morgan fingerprint density at radius 1 is 1.42 bits per heavy atom. The van der Waals surface area contributed by atoms with Gasteiger partial charge < -0.3 is 10.6 Å². The summed E-state index contributed by atoms with van der Waals surface area (Å²) in [6, 6.07) is 2.05. The van der Waals surface area contributed by atoms with E-state index in [1.54, 1.807) is 6.20 Å². The first-order valence-electron chi connectivity index (χ1n) is 6.55. The van der Waals surface area contributed by atoms with Gasteiger partial charge in [-0.1, -0.05) is 0 Å². The second-order valence-corrected chi connectivity index (χ2v) is 5.08. The van der Waals surface area contributed by atoms with E-state index >= 15 is 0 Å². The van der Waals surface area contributed by atoms with Crippen LogP contribution >= 0.6 is 0 Å². The van der Waals surface area contributed by atoms with E-state index in [2.05, 4.69) is 21.0 Å². The summed E-state index contributed by atoms with van der Waals surface area (Å²) < 4.78 is 1.87. The third-order valence-corrected chi connectivity index (χ3v) is 3.73. The number of aromatic nitrogens is 3. The summed E-state index contributed by atoms with van der Waals surface area (Å²) in [6.07, 6.45) is 5.50. The van der Waals surface area contributed by atoms with Crippen LogP contribution in [-0.2, 0) is 0 Å². The standard InChI is InChI=1S/C13H18N6/c1-9-8-11-13(16-4-7-19(11)17-9)18-5-2-10(3-6-18)12(14)15/h4,7-8,10H,2-3,5-6H2,1H3,(H3,14,15). The monoisotopic (exact) mass is 258 g/mol. The van der Waals surface area contributed by atoms with Gasteiger partial charge >= 0.3 is 0 Å². The van der Waals surface area contributed by atoms with Crippen LogP contribution in [0.1, 0.15) is 18.5 Å². The molecule has 1 aliphatic rings. The van der Waals surface area contributed by atoms with Gasteiger partial charge in [-0.25, -0.2) is 9.50 Å². The summed E-state index contributed by atoms with van der Waals surface area (Å²) in [7, 11) is 0. The molecular formula is C13H18N6. The number of fused-ring (bicyclic) bond motifs is 1. The van der Waals surface area contributed by atoms with Gasteiger partial charge in [-0.15, -0.1) is 0 Å². The van der Waals surface area contributed by atoms with Gasteiger partial charge in [0.05, 0.1) is 11.5 Å². The van der Waals surface area contributed by atoms with E-state index in [9.17, 15) is 0 Å². The minimum absolute atomic E-state index is 0.225. The van der Waals surface area contributed by atoms with E-state index < -0.39 is 0 Å². The third kappa shape index (κ3) is 2.14. The zero-order valence-electron chi connectivity index (χ0n) is 11.0. The molecule has 19 heavy (non-hydrogen) atoms. The quantitative estimate of drug-likeness (QED) is 0.626. The summed E-state index contributed by atoms with van der Waals surface area (Å²) in [5.41, 5.74) is 7.62. The maximum atomic E-state index is 7.52. The van der Waals surface area contributed by atoms with Crippen LogP contribution in [0.3, 0.4) is 0 Å². The third-order valence-electron chi connectivity index (χ3n) is 3.73. The molecule has 0 spiro atoms. The predicted octanol–water partition coefficient (Wildman–Crippen LogP) is 1.19. The number of nitrogens with two attached hydrogens (primary N) is 1. The lowest BCUT2D eigenvalue weighted by atomic mass is 9.96. The molecule has 0 aromatic carbocycles. The molecule has 2 aromatic rings. The number of piperidine rings is 1. The lowest BCUT2D eigenvalue weighted by Gasteiger charge is -2.32. The second-order valence-electron chi connectivity index (χ2n) is 5.08. The summed E-state index contributed by atoms with van der Waals surface area (Å²) in [5.74, 6) is 1.51. The Bertz CT molecular complexity index is 609. The van der Waals surface area contributed by atoms with Crippen LogP contribution in [-0.4, -0.2) is 33.5 Å². The minimum atomic E-state index is 0.225. The number of aryl methyl sites for hydroxylation is 1. The molecule has 3 heterocycles. The fourth-order valence-corrected chi connectivity index (χ4v) is 2.68. The lowest BCUT2D eigenvalue weighted by Crippen LogP contribution is -2.38. The van der Waals surface area contributed by atoms with E-state index in [-0.39, 0.29) is 5.92 Å². The van der Waals surface area contributed by atoms with Crippen molar-refractivity contribution < 1.29 is 0 Å². The van der Waals surface area contributed by atoms with Gasteiger partial charge in [-0.2, -0.15) is 5.10 Å². The van der Waals surface area contributed by atoms with Crippen molar-refractivity contribution in [2.75, 3.05) is 18.0 Å². The second kappa shape index (κ2) is 4.53. The number of hydrogen-bond donors (Lipinski definition) is 2. The maximum absolute atomic E-state index is 7.52. The van der Waals surface area contributed by atoms with Crippen molar-refractivity contribution in [3.63, 3.8) is 0 Å². The van der Waals surface area contributed by atoms with E-state index in [4.69, 9.17) is 11.1 Å². The Morgan fingerprint density at radius 2 is 2.16 bits per heavy atom. The molecule has 6 nitrogen and oxygen atoms in total. The number of hydrogen-bond acceptors (Lipinski definition) is 4. The lowest BCUT2D eigenvalue weighted by molar-refractivity contribution is 0.495. The van der Waals surface area contributed by atoms with Crippen molar-refractivity contribution in [2.45, 2.75) is 19.8 Å². The summed E-state index contributed by atoms with van der Waals surface area (Å²) in [6.45, 7) is 3.76. The van der Waals surface area contributed by atoms with E-state index in [0.717, 1.165) is 43.0 Å². The van der Waals surface area contributed by atoms with Gasteiger partial charge in [-0.05, 0) is 25.8 Å². The molecule has 0 amide bonds. The van der Waals surface area contributed by atoms with Gasteiger partial charge in [0, 0.05) is 31.4 Å². The average Bonchev–Trinajstić information content (AvgIpc) is 2.78. The number of amidine groups is 1. The Balaban J connectivity index is 1.87. The fraction of sp³-hybridized carbons (Fsp3) is 0.462. The van der Waals surface area contributed by atoms with Gasteiger partial charge in [0.15, 0.2) is 5.82 Å². The van der Waals surface area contributed by atoms with E-state index in [0.29, 0.717) is 5.84 Å². The summed E-state index contributed by atoms with van der Waals surface area (Å²) >= 11 is 0. The highest BCUT2D eigenvalue weighted by molar-refractivity contribution is 5.80. The van der Waals surface area contributed by atoms with Crippen molar-refractivity contribution in [1.29, 1.82) is 5.41 Å². The molecule has 0 unspecified atom stereocenters. The predicted molar refractivity (Wildman–Crippen MR) is 74.6 cm³/mol. The van der Waals surface area contributed by atoms with Crippen LogP contribution in [0.5, 0.6) is 0 Å². The molecular weight excluding hydrogens is 240 g/mol. The van der Waals surface area contributed by atoms with Crippen molar-refractivity contribution in [2.24, 2.45) is 11.7 Å². The van der Waals surface area contributed by atoms with Gasteiger partial charge in [0.25, 0.3) is 0 Å². The van der Waals surface area contributed by atoms with Crippen molar-refractivity contribution in [3.05, 3.63) is 24.2 Å². The van der Waals surface area contributed by atoms with Crippen molar-refractivity contribution in [1.82, 2.24) is 14.6 Å². The number of nitrogens with one attached hydrogen (secondary N) is 1. The average molecular weight is 258 g/mol. The molecule has 1 saturated heterocycles. The zero-order chi connectivity index (χ0) is 13.4. The molecule has 0 atom stereocenters. The van der Waals surface area contributed by atoms with Gasteiger partial charge in [-0.3, -0.25) is 5.41 Å². The zero-order valence-corrected chi connectivity index (χ0v) is 11.0. The molecule has 100 valence electrons. The SMILES string of the molecule is Cc1cc2c(N3CCC(C(=N)N)CC3)nccn2n1. The molecule has 1 fully saturated rings. The van der Waals surface area contributed by atoms with Crippen LogP contribution in [0.2, 0.25) is 0 Å². The smallest absolute Gasteiger partial charge is 0.154 e. The highest BCUT2D eigenvalue weighted by Crippen LogP contribution is 2.25. The largest absolute Gasteiger partial charge is 0.387 e. The normalized spacial score (nSPS) is 17.0. The molecule has 0 radical (unpaired) electrons. The van der Waals surface area contributed by atoms with Crippen LogP contribution in [0, 0.1) is 18.3 Å². The fourth-order valence-electron chi connectivity index (χ4n) is 2.68. The molecule has 3 rings (SSSR count). The Kier molecular flexibility index (Phi) is 2.85. The van der Waals surface area contributed by atoms with Crippen LogP contribution in [0.4, 0.5) is 5.82 Å². The highest BCUT2D eigenvalue weighted by atomic mass is 15.3. The Hall–Kier alpha value is -2.11. The number of nitrogens with zero attached hydrogens (tertiary/aromatic N) is 4. The van der Waals surface area contributed by atoms with E-state index in [1.807, 2.05) is 17.6 Å². The molecule has 2 aromatic heterocycles. The molecule has 0 saturated carbocycles. The van der Waals surface area contributed by atoms with Crippen LogP contribution < -0.4 is 10.6 Å². The van der Waals surface area contributed by atoms with Crippen molar-refractivity contribution in [3.8, 4) is 0 Å². The summed E-state index contributed by atoms with van der Waals surface area (Å²) in [4.78, 5) is 6.75. The highest BCUT2D eigenvalue weighted by Gasteiger charge is 2.23. The van der Waals surface area contributed by atoms with E-state index in [1.165, 1.54) is 0 Å². The molecule has 0 bridgehead atoms. The summed E-state index contributed by atoms with van der Waals surface area (Å²) in [5, 5.41) is 11.9. The Morgan fingerprint density at radius 3 is 2.84 bits per heavy atom.